The fourth-order valence-corrected chi connectivity index (χ4v) is 2.82. The number of hydrogen-bond acceptors (Lipinski definition) is 7. The van der Waals surface area contributed by atoms with Crippen LogP contribution in [0.4, 0.5) is 15.3 Å². The molecule has 1 aromatic carbocycles. The van der Waals surface area contributed by atoms with Gasteiger partial charge in [0.2, 0.25) is 11.8 Å². The molecule has 0 radical (unpaired) electrons. The Labute approximate surface area is 199 Å². The van der Waals surface area contributed by atoms with Crippen molar-refractivity contribution in [1.29, 1.82) is 0 Å². The molecule has 1 fully saturated rings. The Morgan fingerprint density at radius 2 is 1.76 bits per heavy atom. The number of ether oxygens (including phenoxy) is 2. The van der Waals surface area contributed by atoms with Crippen LogP contribution in [0.1, 0.15) is 46.1 Å². The van der Waals surface area contributed by atoms with Gasteiger partial charge in [-0.2, -0.15) is 0 Å². The Morgan fingerprint density at radius 3 is 2.32 bits per heavy atom. The van der Waals surface area contributed by atoms with Gasteiger partial charge in [-0.1, -0.05) is 12.1 Å². The number of carbonyl (C=O) groups is 4. The number of amides is 4. The third-order valence-electron chi connectivity index (χ3n) is 4.82. The molecule has 11 heteroatoms. The highest BCUT2D eigenvalue weighted by Crippen LogP contribution is 2.35. The summed E-state index contributed by atoms with van der Waals surface area (Å²) in [4.78, 5) is 49.2. The van der Waals surface area contributed by atoms with E-state index in [1.54, 1.807) is 52.1 Å². The smallest absolute Gasteiger partial charge is 0.409 e. The van der Waals surface area contributed by atoms with E-state index in [4.69, 9.17) is 9.47 Å². The zero-order chi connectivity index (χ0) is 25.5. The standard InChI is InChI=1S/C23H34N4O7/c1-15(25-18(28)12-24-20(30)34-22(2,3)4)19(29)26-17-8-6-16(7-9-17)13-33-21(31)27(5)14-23(32)10-11-23/h6-9,15,32H,10-14H2,1-5H3,(H,24,30)(H,25,28)(H,26,29). The molecule has 0 saturated heterocycles. The summed E-state index contributed by atoms with van der Waals surface area (Å²) in [5.74, 6) is -0.978. The van der Waals surface area contributed by atoms with E-state index >= 15 is 0 Å². The number of benzene rings is 1. The van der Waals surface area contributed by atoms with Crippen molar-refractivity contribution < 1.29 is 33.8 Å². The molecule has 1 atom stereocenters. The maximum absolute atomic E-state index is 12.3. The monoisotopic (exact) mass is 478 g/mol. The minimum absolute atomic E-state index is 0.0485. The molecule has 4 amide bonds. The van der Waals surface area contributed by atoms with Gasteiger partial charge >= 0.3 is 12.2 Å². The van der Waals surface area contributed by atoms with E-state index in [1.807, 2.05) is 0 Å². The number of nitrogens with zero attached hydrogens (tertiary/aromatic N) is 1. The minimum atomic E-state index is -0.842. The molecule has 0 aliphatic heterocycles. The first-order valence-corrected chi connectivity index (χ1v) is 11.0. The lowest BCUT2D eigenvalue weighted by molar-refractivity contribution is -0.125. The Morgan fingerprint density at radius 1 is 1.15 bits per heavy atom. The Bertz CT molecular complexity index is 892. The van der Waals surface area contributed by atoms with Crippen molar-refractivity contribution in [2.75, 3.05) is 25.5 Å². The van der Waals surface area contributed by atoms with Crippen LogP contribution >= 0.6 is 0 Å². The second-order valence-electron chi connectivity index (χ2n) is 9.47. The number of carbonyl (C=O) groups excluding carboxylic acids is 4. The molecular formula is C23H34N4O7. The lowest BCUT2D eigenvalue weighted by Crippen LogP contribution is -2.46. The van der Waals surface area contributed by atoms with Gasteiger partial charge in [0.1, 0.15) is 24.8 Å². The van der Waals surface area contributed by atoms with Crippen LogP contribution in [-0.4, -0.2) is 71.4 Å². The number of anilines is 1. The SMILES string of the molecule is CC(NC(=O)CNC(=O)OC(C)(C)C)C(=O)Nc1ccc(COC(=O)N(C)CC2(O)CC2)cc1. The minimum Gasteiger partial charge on any atom is -0.445 e. The Hall–Kier alpha value is -3.34. The van der Waals surface area contributed by atoms with Crippen molar-refractivity contribution in [3.05, 3.63) is 29.8 Å². The summed E-state index contributed by atoms with van der Waals surface area (Å²) in [5.41, 5.74) is -0.236. The van der Waals surface area contributed by atoms with E-state index in [-0.39, 0.29) is 19.7 Å². The van der Waals surface area contributed by atoms with Crippen LogP contribution in [-0.2, 0) is 25.7 Å². The van der Waals surface area contributed by atoms with Crippen LogP contribution in [0.3, 0.4) is 0 Å². The van der Waals surface area contributed by atoms with Crippen molar-refractivity contribution in [1.82, 2.24) is 15.5 Å². The van der Waals surface area contributed by atoms with Crippen LogP contribution in [0.2, 0.25) is 0 Å². The molecule has 11 nitrogen and oxygen atoms in total. The van der Waals surface area contributed by atoms with Gasteiger partial charge in [-0.05, 0) is 58.2 Å². The average molecular weight is 479 g/mol. The predicted molar refractivity (Wildman–Crippen MR) is 124 cm³/mol. The van der Waals surface area contributed by atoms with Crippen molar-refractivity contribution in [2.24, 2.45) is 0 Å². The first-order chi connectivity index (χ1) is 15.8. The van der Waals surface area contributed by atoms with Crippen LogP contribution in [0.15, 0.2) is 24.3 Å². The topological polar surface area (TPSA) is 146 Å². The molecular weight excluding hydrogens is 444 g/mol. The highest BCUT2D eigenvalue weighted by molar-refractivity contribution is 5.97. The molecule has 1 unspecified atom stereocenters. The van der Waals surface area contributed by atoms with Crippen molar-refractivity contribution in [3.63, 3.8) is 0 Å². The number of alkyl carbamates (subject to hydrolysis) is 1. The predicted octanol–water partition coefficient (Wildman–Crippen LogP) is 1.75. The van der Waals surface area contributed by atoms with Gasteiger partial charge in [0.15, 0.2) is 0 Å². The lowest BCUT2D eigenvalue weighted by atomic mass is 10.2. The van der Waals surface area contributed by atoms with Gasteiger partial charge in [0.05, 0.1) is 12.1 Å². The van der Waals surface area contributed by atoms with Gasteiger partial charge in [0.25, 0.3) is 0 Å². The zero-order valence-electron chi connectivity index (χ0n) is 20.3. The highest BCUT2D eigenvalue weighted by Gasteiger charge is 2.42. The Kier molecular flexibility index (Phi) is 8.86. The van der Waals surface area contributed by atoms with E-state index in [0.717, 1.165) is 5.56 Å². The molecule has 1 aliphatic rings. The average Bonchev–Trinajstić information content (AvgIpc) is 3.46. The van der Waals surface area contributed by atoms with E-state index in [9.17, 15) is 24.3 Å². The second kappa shape index (κ2) is 11.2. The van der Waals surface area contributed by atoms with Crippen LogP contribution in [0.5, 0.6) is 0 Å². The summed E-state index contributed by atoms with van der Waals surface area (Å²) >= 11 is 0. The number of nitrogens with one attached hydrogen (secondary N) is 3. The first kappa shape index (κ1) is 26.9. The molecule has 0 heterocycles. The molecule has 188 valence electrons. The van der Waals surface area contributed by atoms with E-state index < -0.39 is 41.2 Å². The molecule has 1 aromatic rings. The molecule has 1 aliphatic carbocycles. The van der Waals surface area contributed by atoms with Crippen molar-refractivity contribution in [3.8, 4) is 0 Å². The number of aliphatic hydroxyl groups is 1. The highest BCUT2D eigenvalue weighted by atomic mass is 16.6. The maximum Gasteiger partial charge on any atom is 0.409 e. The normalized spacial score (nSPS) is 14.9. The first-order valence-electron chi connectivity index (χ1n) is 11.0. The summed E-state index contributed by atoms with van der Waals surface area (Å²) in [6.45, 7) is 6.60. The van der Waals surface area contributed by atoms with Gasteiger partial charge in [-0.25, -0.2) is 9.59 Å². The van der Waals surface area contributed by atoms with Crippen LogP contribution < -0.4 is 16.0 Å². The largest absolute Gasteiger partial charge is 0.445 e. The van der Waals surface area contributed by atoms with Crippen LogP contribution in [0.25, 0.3) is 0 Å². The number of likely N-dealkylation sites (N-methyl/N-ethyl adjacent to an activating group) is 1. The molecule has 0 spiro atoms. The van der Waals surface area contributed by atoms with Gasteiger partial charge < -0.3 is 35.4 Å². The summed E-state index contributed by atoms with van der Waals surface area (Å²) in [5, 5.41) is 17.4. The summed E-state index contributed by atoms with van der Waals surface area (Å²) in [6, 6.07) is 5.86. The van der Waals surface area contributed by atoms with Gasteiger partial charge in [0, 0.05) is 12.7 Å². The van der Waals surface area contributed by atoms with Crippen molar-refractivity contribution >= 4 is 29.7 Å². The molecule has 1 saturated carbocycles. The van der Waals surface area contributed by atoms with Crippen molar-refractivity contribution in [2.45, 2.75) is 64.4 Å². The fraction of sp³-hybridized carbons (Fsp3) is 0.565. The molecule has 2 rings (SSSR count). The van der Waals surface area contributed by atoms with Gasteiger partial charge in [-0.15, -0.1) is 0 Å². The van der Waals surface area contributed by atoms with Gasteiger partial charge in [-0.3, -0.25) is 9.59 Å². The lowest BCUT2D eigenvalue weighted by Gasteiger charge is -2.20. The fourth-order valence-electron chi connectivity index (χ4n) is 2.82. The molecule has 0 aromatic heterocycles. The van der Waals surface area contributed by atoms with E-state index in [0.29, 0.717) is 18.5 Å². The third-order valence-corrected chi connectivity index (χ3v) is 4.82. The summed E-state index contributed by atoms with van der Waals surface area (Å²) < 4.78 is 10.3. The number of hydrogen-bond donors (Lipinski definition) is 4. The van der Waals surface area contributed by atoms with E-state index in [2.05, 4.69) is 16.0 Å². The maximum atomic E-state index is 12.3. The third kappa shape index (κ3) is 9.65. The summed E-state index contributed by atoms with van der Waals surface area (Å²) in [7, 11) is 1.57. The molecule has 34 heavy (non-hydrogen) atoms. The van der Waals surface area contributed by atoms with Crippen LogP contribution in [0, 0.1) is 0 Å². The number of rotatable bonds is 9. The second-order valence-corrected chi connectivity index (χ2v) is 9.47. The zero-order valence-corrected chi connectivity index (χ0v) is 20.3. The quantitative estimate of drug-likeness (QED) is 0.423. The molecule has 0 bridgehead atoms. The Balaban J connectivity index is 1.72. The summed E-state index contributed by atoms with van der Waals surface area (Å²) in [6.07, 6.45) is 0.118. The molecule has 4 N–H and O–H groups in total. The van der Waals surface area contributed by atoms with E-state index in [1.165, 1.54) is 11.8 Å².